The minimum atomic E-state index is -1.06. The Hall–Kier alpha value is -1.12. The third-order valence-corrected chi connectivity index (χ3v) is 0.655. The molecule has 0 saturated carbocycles. The Morgan fingerprint density at radius 1 is 1.62 bits per heavy atom. The number of hydrogen-bond acceptors (Lipinski definition) is 2. The van der Waals surface area contributed by atoms with Gasteiger partial charge in [-0.2, -0.15) is 0 Å². The highest BCUT2D eigenvalue weighted by Crippen LogP contribution is 1.87. The van der Waals surface area contributed by atoms with Crippen LogP contribution in [0.3, 0.4) is 0 Å². The van der Waals surface area contributed by atoms with Crippen LogP contribution in [0.15, 0.2) is 11.6 Å². The van der Waals surface area contributed by atoms with Crippen molar-refractivity contribution < 1.29 is 14.7 Å². The van der Waals surface area contributed by atoms with E-state index in [1.807, 2.05) is 0 Å². The fraction of sp³-hybridized carbons (Fsp3) is 0.200. The summed E-state index contributed by atoms with van der Waals surface area (Å²) in [7, 11) is 0. The molecule has 44 valence electrons. The zero-order chi connectivity index (χ0) is 6.57. The Balaban J connectivity index is 3.99. The fourth-order valence-electron chi connectivity index (χ4n) is 0.173. The zero-order valence-electron chi connectivity index (χ0n) is 4.42. The maximum absolute atomic E-state index is 9.86. The van der Waals surface area contributed by atoms with Crippen LogP contribution in [0.25, 0.3) is 0 Å². The van der Waals surface area contributed by atoms with E-state index in [-0.39, 0.29) is 5.57 Å². The van der Waals surface area contributed by atoms with E-state index in [1.165, 1.54) is 6.92 Å². The molecule has 0 fully saturated rings. The number of carboxylic acids is 1. The van der Waals surface area contributed by atoms with Gasteiger partial charge in [0.25, 0.3) is 0 Å². The molecular weight excluding hydrogens is 108 g/mol. The summed E-state index contributed by atoms with van der Waals surface area (Å²) in [6, 6.07) is 0. The molecule has 0 aliphatic heterocycles. The van der Waals surface area contributed by atoms with Crippen LogP contribution in [0.5, 0.6) is 0 Å². The van der Waals surface area contributed by atoms with Gasteiger partial charge in [0, 0.05) is 5.57 Å². The van der Waals surface area contributed by atoms with Crippen LogP contribution in [0.2, 0.25) is 0 Å². The van der Waals surface area contributed by atoms with Crippen molar-refractivity contribution in [3.8, 4) is 0 Å². The maximum Gasteiger partial charge on any atom is 0.331 e. The fourth-order valence-corrected chi connectivity index (χ4v) is 0.173. The van der Waals surface area contributed by atoms with Gasteiger partial charge in [0.1, 0.15) is 6.29 Å². The Kier molecular flexibility index (Phi) is 2.54. The minimum absolute atomic E-state index is 0.0556. The first-order chi connectivity index (χ1) is 3.68. The summed E-state index contributed by atoms with van der Waals surface area (Å²) in [6.07, 6.45) is 1.45. The van der Waals surface area contributed by atoms with Gasteiger partial charge in [-0.05, 0) is 13.0 Å². The lowest BCUT2D eigenvalue weighted by atomic mass is 10.3. The van der Waals surface area contributed by atoms with Crippen molar-refractivity contribution in [2.75, 3.05) is 0 Å². The van der Waals surface area contributed by atoms with Crippen LogP contribution in [-0.2, 0) is 9.59 Å². The van der Waals surface area contributed by atoms with Gasteiger partial charge >= 0.3 is 5.97 Å². The van der Waals surface area contributed by atoms with Crippen molar-refractivity contribution in [3.05, 3.63) is 11.6 Å². The number of carbonyl (C=O) groups excluding carboxylic acids is 1. The van der Waals surface area contributed by atoms with Crippen LogP contribution >= 0.6 is 0 Å². The third-order valence-electron chi connectivity index (χ3n) is 0.655. The molecule has 0 unspecified atom stereocenters. The summed E-state index contributed by atoms with van der Waals surface area (Å²) in [5.74, 6) is -1.06. The lowest BCUT2D eigenvalue weighted by molar-refractivity contribution is -0.132. The highest BCUT2D eigenvalue weighted by Gasteiger charge is 1.95. The molecule has 0 aromatic rings. The topological polar surface area (TPSA) is 54.4 Å². The first-order valence-corrected chi connectivity index (χ1v) is 2.04. The van der Waals surface area contributed by atoms with Crippen molar-refractivity contribution in [2.45, 2.75) is 6.92 Å². The quantitative estimate of drug-likeness (QED) is 0.412. The molecule has 1 N–H and O–H groups in total. The summed E-state index contributed by atoms with van der Waals surface area (Å²) in [5.41, 5.74) is 0.0556. The van der Waals surface area contributed by atoms with Crippen LogP contribution in [0.4, 0.5) is 0 Å². The van der Waals surface area contributed by atoms with E-state index in [0.717, 1.165) is 6.08 Å². The van der Waals surface area contributed by atoms with Crippen LogP contribution in [-0.4, -0.2) is 17.4 Å². The number of carboxylic acid groups (broad SMARTS) is 1. The molecule has 0 heterocycles. The first-order valence-electron chi connectivity index (χ1n) is 2.04. The average molecular weight is 114 g/mol. The van der Waals surface area contributed by atoms with E-state index < -0.39 is 5.97 Å². The predicted octanol–water partition coefficient (Wildman–Crippen LogP) is 0.216. The van der Waals surface area contributed by atoms with Crippen molar-refractivity contribution in [1.29, 1.82) is 0 Å². The molecule has 0 atom stereocenters. The van der Waals surface area contributed by atoms with Gasteiger partial charge in [-0.3, -0.25) is 4.79 Å². The summed E-state index contributed by atoms with van der Waals surface area (Å²) >= 11 is 0. The monoisotopic (exact) mass is 114 g/mol. The number of carbonyl (C=O) groups is 2. The number of allylic oxidation sites excluding steroid dienone is 1. The molecule has 3 heteroatoms. The van der Waals surface area contributed by atoms with E-state index in [9.17, 15) is 9.59 Å². The molecule has 0 saturated heterocycles. The van der Waals surface area contributed by atoms with Gasteiger partial charge in [-0.25, -0.2) is 4.79 Å². The Labute approximate surface area is 46.6 Å². The number of aliphatic carboxylic acids is 1. The molecule has 8 heavy (non-hydrogen) atoms. The normalized spacial score (nSPS) is 10.9. The van der Waals surface area contributed by atoms with Gasteiger partial charge in [0.2, 0.25) is 0 Å². The number of hydrogen-bond donors (Lipinski definition) is 1. The summed E-state index contributed by atoms with van der Waals surface area (Å²) < 4.78 is 0. The van der Waals surface area contributed by atoms with E-state index in [0.29, 0.717) is 6.29 Å². The Morgan fingerprint density at radius 2 is 2.12 bits per heavy atom. The molecule has 0 bridgehead atoms. The second-order valence-electron chi connectivity index (χ2n) is 1.29. The van der Waals surface area contributed by atoms with Gasteiger partial charge in [0.15, 0.2) is 0 Å². The molecule has 3 nitrogen and oxygen atoms in total. The highest BCUT2D eigenvalue weighted by molar-refractivity contribution is 5.90. The molecule has 0 aromatic heterocycles. The average Bonchev–Trinajstić information content (AvgIpc) is 1.67. The molecule has 0 aromatic carbocycles. The molecular formula is C5H6O3. The third kappa shape index (κ3) is 2.12. The second kappa shape index (κ2) is 2.96. The van der Waals surface area contributed by atoms with Crippen molar-refractivity contribution in [3.63, 3.8) is 0 Å². The van der Waals surface area contributed by atoms with E-state index in [2.05, 4.69) is 0 Å². The number of rotatable bonds is 2. The Morgan fingerprint density at radius 3 is 2.25 bits per heavy atom. The van der Waals surface area contributed by atoms with Crippen LogP contribution in [0.1, 0.15) is 6.92 Å². The molecule has 0 aliphatic rings. The van der Waals surface area contributed by atoms with E-state index >= 15 is 0 Å². The lowest BCUT2D eigenvalue weighted by Crippen LogP contribution is -1.95. The van der Waals surface area contributed by atoms with Gasteiger partial charge in [-0.1, -0.05) is 0 Å². The number of aldehydes is 1. The predicted molar refractivity (Wildman–Crippen MR) is 27.5 cm³/mol. The van der Waals surface area contributed by atoms with Crippen LogP contribution in [0, 0.1) is 0 Å². The molecule has 0 rings (SSSR count). The minimum Gasteiger partial charge on any atom is -0.478 e. The molecule has 0 aliphatic carbocycles. The standard InChI is InChI=1S/C5H6O3/c1-4(2-3-6)5(7)8/h2-3H,1H3,(H,7,8). The SMILES string of the molecule is CC(=CC=O)C(=O)O. The zero-order valence-corrected chi connectivity index (χ0v) is 4.42. The summed E-state index contributed by atoms with van der Waals surface area (Å²) in [6.45, 7) is 1.36. The van der Waals surface area contributed by atoms with E-state index in [1.54, 1.807) is 0 Å². The smallest absolute Gasteiger partial charge is 0.331 e. The molecule has 0 amide bonds. The van der Waals surface area contributed by atoms with Gasteiger partial charge in [0.05, 0.1) is 0 Å². The largest absolute Gasteiger partial charge is 0.478 e. The van der Waals surface area contributed by atoms with Crippen molar-refractivity contribution in [1.82, 2.24) is 0 Å². The molecule has 0 radical (unpaired) electrons. The maximum atomic E-state index is 9.86. The Bertz CT molecular complexity index is 135. The second-order valence-corrected chi connectivity index (χ2v) is 1.29. The molecule has 0 spiro atoms. The highest BCUT2D eigenvalue weighted by atomic mass is 16.4. The first kappa shape index (κ1) is 6.88. The van der Waals surface area contributed by atoms with Crippen molar-refractivity contribution in [2.24, 2.45) is 0 Å². The van der Waals surface area contributed by atoms with Gasteiger partial charge < -0.3 is 5.11 Å². The summed E-state index contributed by atoms with van der Waals surface area (Å²) in [5, 5.41) is 8.09. The van der Waals surface area contributed by atoms with Crippen LogP contribution < -0.4 is 0 Å². The van der Waals surface area contributed by atoms with E-state index in [4.69, 9.17) is 5.11 Å². The summed E-state index contributed by atoms with van der Waals surface area (Å²) in [4.78, 5) is 19.4. The van der Waals surface area contributed by atoms with Crippen molar-refractivity contribution >= 4 is 12.3 Å². The lowest BCUT2D eigenvalue weighted by Gasteiger charge is -1.83. The van der Waals surface area contributed by atoms with Gasteiger partial charge in [-0.15, -0.1) is 0 Å².